The van der Waals surface area contributed by atoms with Gasteiger partial charge < -0.3 is 15.7 Å². The standard InChI is InChI=1S/C17H24N2O2/c1-17(11-20,14-7-8-14)19-16(21)18-15-9-13(10-15)12-5-3-2-4-6-12/h2-6,13-15,20H,7-11H2,1H3,(H2,18,19,21)/t13?,15?,17-/m1/s1. The highest BCUT2D eigenvalue weighted by molar-refractivity contribution is 5.75. The van der Waals surface area contributed by atoms with Crippen LogP contribution >= 0.6 is 0 Å². The lowest BCUT2D eigenvalue weighted by atomic mass is 9.76. The quantitative estimate of drug-likeness (QED) is 0.779. The molecule has 2 fully saturated rings. The minimum absolute atomic E-state index is 0.00237. The highest BCUT2D eigenvalue weighted by Crippen LogP contribution is 2.39. The topological polar surface area (TPSA) is 61.4 Å². The van der Waals surface area contributed by atoms with E-state index in [0.29, 0.717) is 11.8 Å². The summed E-state index contributed by atoms with van der Waals surface area (Å²) in [4.78, 5) is 12.1. The first-order valence-corrected chi connectivity index (χ1v) is 7.85. The van der Waals surface area contributed by atoms with E-state index in [0.717, 1.165) is 25.7 Å². The van der Waals surface area contributed by atoms with Gasteiger partial charge in [-0.1, -0.05) is 30.3 Å². The van der Waals surface area contributed by atoms with Gasteiger partial charge in [-0.3, -0.25) is 0 Å². The van der Waals surface area contributed by atoms with Crippen LogP contribution in [0.4, 0.5) is 4.79 Å². The van der Waals surface area contributed by atoms with E-state index in [9.17, 15) is 9.90 Å². The Morgan fingerprint density at radius 2 is 1.95 bits per heavy atom. The van der Waals surface area contributed by atoms with Gasteiger partial charge in [0.2, 0.25) is 0 Å². The molecule has 0 radical (unpaired) electrons. The molecule has 2 aliphatic rings. The summed E-state index contributed by atoms with van der Waals surface area (Å²) in [6, 6.07) is 10.6. The van der Waals surface area contributed by atoms with Gasteiger partial charge in [-0.15, -0.1) is 0 Å². The average Bonchev–Trinajstić information content (AvgIpc) is 3.28. The number of hydrogen-bond donors (Lipinski definition) is 3. The lowest BCUT2D eigenvalue weighted by molar-refractivity contribution is 0.151. The molecule has 3 N–H and O–H groups in total. The number of carbonyl (C=O) groups is 1. The second-order valence-corrected chi connectivity index (χ2v) is 6.72. The summed E-state index contributed by atoms with van der Waals surface area (Å²) in [5, 5.41) is 15.5. The molecule has 0 unspecified atom stereocenters. The molecule has 114 valence electrons. The van der Waals surface area contributed by atoms with Crippen molar-refractivity contribution in [1.29, 1.82) is 0 Å². The van der Waals surface area contributed by atoms with E-state index >= 15 is 0 Å². The van der Waals surface area contributed by atoms with Crippen LogP contribution < -0.4 is 10.6 Å². The maximum atomic E-state index is 12.1. The van der Waals surface area contributed by atoms with Crippen molar-refractivity contribution in [3.8, 4) is 0 Å². The average molecular weight is 288 g/mol. The maximum absolute atomic E-state index is 12.1. The molecule has 3 rings (SSSR count). The van der Waals surface area contributed by atoms with E-state index in [-0.39, 0.29) is 18.7 Å². The lowest BCUT2D eigenvalue weighted by Crippen LogP contribution is -2.57. The van der Waals surface area contributed by atoms with E-state index in [1.165, 1.54) is 5.56 Å². The van der Waals surface area contributed by atoms with Crippen LogP contribution in [0.25, 0.3) is 0 Å². The molecule has 2 amide bonds. The van der Waals surface area contributed by atoms with Crippen molar-refractivity contribution in [3.63, 3.8) is 0 Å². The van der Waals surface area contributed by atoms with Gasteiger partial charge in [0.05, 0.1) is 12.1 Å². The van der Waals surface area contributed by atoms with Gasteiger partial charge in [0, 0.05) is 6.04 Å². The first kappa shape index (κ1) is 14.4. The van der Waals surface area contributed by atoms with E-state index in [1.807, 2.05) is 13.0 Å². The molecule has 0 aromatic heterocycles. The van der Waals surface area contributed by atoms with Crippen molar-refractivity contribution >= 4 is 6.03 Å². The zero-order valence-corrected chi connectivity index (χ0v) is 12.5. The van der Waals surface area contributed by atoms with E-state index < -0.39 is 5.54 Å². The number of nitrogens with one attached hydrogen (secondary N) is 2. The summed E-state index contributed by atoms with van der Waals surface area (Å²) >= 11 is 0. The fourth-order valence-corrected chi connectivity index (χ4v) is 3.21. The van der Waals surface area contributed by atoms with Crippen molar-refractivity contribution in [2.24, 2.45) is 5.92 Å². The minimum Gasteiger partial charge on any atom is -0.394 e. The zero-order chi connectivity index (χ0) is 14.9. The summed E-state index contributed by atoms with van der Waals surface area (Å²) in [7, 11) is 0. The van der Waals surface area contributed by atoms with Crippen LogP contribution in [0.2, 0.25) is 0 Å². The molecule has 4 nitrogen and oxygen atoms in total. The van der Waals surface area contributed by atoms with E-state index in [1.54, 1.807) is 0 Å². The molecule has 0 spiro atoms. The van der Waals surface area contributed by atoms with Crippen molar-refractivity contribution in [3.05, 3.63) is 35.9 Å². The number of amides is 2. The third-order valence-electron chi connectivity index (χ3n) is 4.95. The van der Waals surface area contributed by atoms with E-state index in [2.05, 4.69) is 34.9 Å². The number of aliphatic hydroxyl groups is 1. The Morgan fingerprint density at radius 1 is 1.29 bits per heavy atom. The first-order chi connectivity index (χ1) is 10.1. The molecule has 0 heterocycles. The second kappa shape index (κ2) is 5.68. The molecule has 2 saturated carbocycles. The Balaban J connectivity index is 1.45. The second-order valence-electron chi connectivity index (χ2n) is 6.72. The number of aliphatic hydroxyl groups excluding tert-OH is 1. The Kier molecular flexibility index (Phi) is 3.89. The number of rotatable bonds is 5. The Bertz CT molecular complexity index is 495. The summed E-state index contributed by atoms with van der Waals surface area (Å²) in [6.45, 7) is 1.93. The molecule has 4 heteroatoms. The molecule has 2 aliphatic carbocycles. The lowest BCUT2D eigenvalue weighted by Gasteiger charge is -2.37. The van der Waals surface area contributed by atoms with Gasteiger partial charge in [-0.25, -0.2) is 4.79 Å². The normalized spacial score (nSPS) is 27.3. The third kappa shape index (κ3) is 3.21. The summed E-state index contributed by atoms with van der Waals surface area (Å²) in [6.07, 6.45) is 4.18. The number of urea groups is 1. The van der Waals surface area contributed by atoms with Crippen molar-refractivity contribution in [2.45, 2.75) is 50.1 Å². The predicted molar refractivity (Wildman–Crippen MR) is 82.1 cm³/mol. The SMILES string of the molecule is C[C@](CO)(NC(=O)NC1CC(c2ccccc2)C1)C1CC1. The summed E-state index contributed by atoms with van der Waals surface area (Å²) < 4.78 is 0. The van der Waals surface area contributed by atoms with Crippen LogP contribution in [-0.4, -0.2) is 29.3 Å². The molecule has 0 saturated heterocycles. The van der Waals surface area contributed by atoms with Gasteiger partial charge in [-0.05, 0) is 50.0 Å². The largest absolute Gasteiger partial charge is 0.394 e. The van der Waals surface area contributed by atoms with Crippen LogP contribution in [0.15, 0.2) is 30.3 Å². The molecule has 1 atom stereocenters. The minimum atomic E-state index is -0.466. The Morgan fingerprint density at radius 3 is 2.52 bits per heavy atom. The molecule has 0 bridgehead atoms. The van der Waals surface area contributed by atoms with Crippen molar-refractivity contribution < 1.29 is 9.90 Å². The zero-order valence-electron chi connectivity index (χ0n) is 12.5. The van der Waals surface area contributed by atoms with Crippen LogP contribution in [0.1, 0.15) is 44.1 Å². The van der Waals surface area contributed by atoms with Crippen LogP contribution in [0, 0.1) is 5.92 Å². The van der Waals surface area contributed by atoms with Gasteiger partial charge >= 0.3 is 6.03 Å². The van der Waals surface area contributed by atoms with Crippen molar-refractivity contribution in [1.82, 2.24) is 10.6 Å². The Labute approximate surface area is 125 Å². The van der Waals surface area contributed by atoms with Crippen LogP contribution in [0.5, 0.6) is 0 Å². The molecule has 0 aliphatic heterocycles. The molecule has 21 heavy (non-hydrogen) atoms. The molecule has 1 aromatic carbocycles. The van der Waals surface area contributed by atoms with Crippen LogP contribution in [0.3, 0.4) is 0 Å². The number of hydrogen-bond acceptors (Lipinski definition) is 2. The van der Waals surface area contributed by atoms with Crippen LogP contribution in [-0.2, 0) is 0 Å². The molecular formula is C17H24N2O2. The summed E-state index contributed by atoms with van der Waals surface area (Å²) in [5.74, 6) is 0.982. The maximum Gasteiger partial charge on any atom is 0.315 e. The Hall–Kier alpha value is -1.55. The first-order valence-electron chi connectivity index (χ1n) is 7.85. The van der Waals surface area contributed by atoms with Gasteiger partial charge in [0.25, 0.3) is 0 Å². The van der Waals surface area contributed by atoms with Crippen molar-refractivity contribution in [2.75, 3.05) is 6.61 Å². The smallest absolute Gasteiger partial charge is 0.315 e. The third-order valence-corrected chi connectivity index (χ3v) is 4.95. The predicted octanol–water partition coefficient (Wildman–Crippen LogP) is 2.39. The van der Waals surface area contributed by atoms with Gasteiger partial charge in [0.1, 0.15) is 0 Å². The van der Waals surface area contributed by atoms with Gasteiger partial charge in [0.15, 0.2) is 0 Å². The molecule has 1 aromatic rings. The highest BCUT2D eigenvalue weighted by atomic mass is 16.3. The molecular weight excluding hydrogens is 264 g/mol. The number of carbonyl (C=O) groups excluding carboxylic acids is 1. The fourth-order valence-electron chi connectivity index (χ4n) is 3.21. The summed E-state index contributed by atoms with van der Waals surface area (Å²) in [5.41, 5.74) is 0.890. The number of benzene rings is 1. The highest BCUT2D eigenvalue weighted by Gasteiger charge is 2.42. The van der Waals surface area contributed by atoms with Gasteiger partial charge in [-0.2, -0.15) is 0 Å². The monoisotopic (exact) mass is 288 g/mol. The fraction of sp³-hybridized carbons (Fsp3) is 0.588. The van der Waals surface area contributed by atoms with E-state index in [4.69, 9.17) is 0 Å².